The second kappa shape index (κ2) is 7.07. The summed E-state index contributed by atoms with van der Waals surface area (Å²) >= 11 is 12.2. The number of rotatable bonds is 6. The molecule has 1 unspecified atom stereocenters. The molecule has 0 heterocycles. The minimum Gasteiger partial charge on any atom is -0.379 e. The normalized spacial score (nSPS) is 19.8. The average Bonchev–Trinajstić information content (AvgIpc) is 3.23. The van der Waals surface area contributed by atoms with Gasteiger partial charge in [0.25, 0.3) is 0 Å². The lowest BCUT2D eigenvalue weighted by Crippen LogP contribution is -2.38. The molecule has 1 atom stereocenters. The van der Waals surface area contributed by atoms with Crippen LogP contribution in [0, 0.1) is 5.92 Å². The molecule has 2 aliphatic carbocycles. The van der Waals surface area contributed by atoms with Crippen molar-refractivity contribution >= 4 is 29.2 Å². The van der Waals surface area contributed by atoms with E-state index in [0.29, 0.717) is 23.2 Å². The van der Waals surface area contributed by atoms with Crippen LogP contribution < -0.4 is 10.6 Å². The average molecular weight is 343 g/mol. The molecule has 2 N–H and O–H groups in total. The maximum Gasteiger partial charge on any atom is 0.315 e. The summed E-state index contributed by atoms with van der Waals surface area (Å²) in [4.78, 5) is 11.9. The summed E-state index contributed by atoms with van der Waals surface area (Å²) in [7, 11) is 0. The van der Waals surface area contributed by atoms with Crippen LogP contribution in [0.15, 0.2) is 12.1 Å². The van der Waals surface area contributed by atoms with Gasteiger partial charge in [0.2, 0.25) is 0 Å². The van der Waals surface area contributed by atoms with Gasteiger partial charge in [-0.25, -0.2) is 4.79 Å². The molecule has 120 valence electrons. The molecule has 0 radical (unpaired) electrons. The zero-order valence-electron chi connectivity index (χ0n) is 12.3. The number of hydrogen-bond donors (Lipinski definition) is 2. The third kappa shape index (κ3) is 3.86. The number of fused-ring (bicyclic) bond motifs is 1. The summed E-state index contributed by atoms with van der Waals surface area (Å²) in [5, 5.41) is 6.99. The Hall–Kier alpha value is -0.970. The molecule has 1 aromatic carbocycles. The van der Waals surface area contributed by atoms with Crippen molar-refractivity contribution in [1.82, 2.24) is 10.6 Å². The van der Waals surface area contributed by atoms with Gasteiger partial charge in [-0.15, -0.1) is 0 Å². The molecule has 6 heteroatoms. The number of carbonyl (C=O) groups is 1. The van der Waals surface area contributed by atoms with Gasteiger partial charge in [0.1, 0.15) is 0 Å². The van der Waals surface area contributed by atoms with Crippen LogP contribution in [0.4, 0.5) is 4.79 Å². The number of ether oxygens (including phenoxy) is 1. The minimum absolute atomic E-state index is 0.00264. The molecule has 2 aliphatic rings. The molecular weight excluding hydrogens is 323 g/mol. The Morgan fingerprint density at radius 3 is 2.86 bits per heavy atom. The van der Waals surface area contributed by atoms with Crippen molar-refractivity contribution in [3.63, 3.8) is 0 Å². The van der Waals surface area contributed by atoms with Gasteiger partial charge in [0.15, 0.2) is 0 Å². The molecule has 0 spiro atoms. The van der Waals surface area contributed by atoms with E-state index in [-0.39, 0.29) is 12.1 Å². The highest BCUT2D eigenvalue weighted by atomic mass is 35.5. The van der Waals surface area contributed by atoms with Crippen LogP contribution in [0.1, 0.15) is 36.4 Å². The maximum atomic E-state index is 11.9. The first-order valence-electron chi connectivity index (χ1n) is 7.74. The van der Waals surface area contributed by atoms with Crippen LogP contribution in [0.5, 0.6) is 0 Å². The number of nitrogens with one attached hydrogen (secondary N) is 2. The van der Waals surface area contributed by atoms with E-state index in [0.717, 1.165) is 36.5 Å². The molecule has 0 bridgehead atoms. The van der Waals surface area contributed by atoms with Crippen LogP contribution in [-0.2, 0) is 11.2 Å². The lowest BCUT2D eigenvalue weighted by Gasteiger charge is -2.15. The number of halogens is 2. The van der Waals surface area contributed by atoms with Crippen LogP contribution in [0.3, 0.4) is 0 Å². The molecule has 2 amide bonds. The standard InChI is InChI=1S/C16H20Cl2N2O2/c17-13-5-3-11-12(15(13)18)4-6-14(11)20-16(21)19-7-8-22-9-10-1-2-10/h3,5,10,14H,1-2,4,6-9H2,(H2,19,20,21). The van der Waals surface area contributed by atoms with Gasteiger partial charge < -0.3 is 15.4 Å². The van der Waals surface area contributed by atoms with E-state index < -0.39 is 0 Å². The summed E-state index contributed by atoms with van der Waals surface area (Å²) < 4.78 is 5.49. The molecule has 1 fully saturated rings. The SMILES string of the molecule is O=C(NCCOCC1CC1)NC1CCc2c1ccc(Cl)c2Cl. The Morgan fingerprint density at radius 1 is 1.27 bits per heavy atom. The summed E-state index contributed by atoms with van der Waals surface area (Å²) in [5.41, 5.74) is 2.11. The summed E-state index contributed by atoms with van der Waals surface area (Å²) in [6.45, 7) is 1.91. The van der Waals surface area contributed by atoms with Crippen molar-refractivity contribution in [3.8, 4) is 0 Å². The summed E-state index contributed by atoms with van der Waals surface area (Å²) in [6.07, 6.45) is 4.24. The maximum absolute atomic E-state index is 11.9. The predicted octanol–water partition coefficient (Wildman–Crippen LogP) is 3.71. The van der Waals surface area contributed by atoms with Gasteiger partial charge >= 0.3 is 6.03 Å². The first-order valence-corrected chi connectivity index (χ1v) is 8.49. The van der Waals surface area contributed by atoms with Crippen LogP contribution in [-0.4, -0.2) is 25.8 Å². The Morgan fingerprint density at radius 2 is 2.09 bits per heavy atom. The van der Waals surface area contributed by atoms with Crippen molar-refractivity contribution in [2.75, 3.05) is 19.8 Å². The second-order valence-electron chi connectivity index (χ2n) is 5.94. The first kappa shape index (κ1) is 15.9. The Kier molecular flexibility index (Phi) is 5.11. The van der Waals surface area contributed by atoms with E-state index in [2.05, 4.69) is 10.6 Å². The summed E-state index contributed by atoms with van der Waals surface area (Å²) in [5.74, 6) is 0.750. The van der Waals surface area contributed by atoms with Gasteiger partial charge in [-0.05, 0) is 48.8 Å². The summed E-state index contributed by atoms with van der Waals surface area (Å²) in [6, 6.07) is 3.56. The number of hydrogen-bond acceptors (Lipinski definition) is 2. The van der Waals surface area contributed by atoms with E-state index in [9.17, 15) is 4.79 Å². The quantitative estimate of drug-likeness (QED) is 0.774. The topological polar surface area (TPSA) is 50.4 Å². The van der Waals surface area contributed by atoms with Gasteiger partial charge in [-0.3, -0.25) is 0 Å². The predicted molar refractivity (Wildman–Crippen MR) is 87.6 cm³/mol. The number of carbonyl (C=O) groups excluding carboxylic acids is 1. The second-order valence-corrected chi connectivity index (χ2v) is 6.72. The molecule has 0 aliphatic heterocycles. The Labute approximate surface area is 140 Å². The van der Waals surface area contributed by atoms with Gasteiger partial charge in [0.05, 0.1) is 22.7 Å². The van der Waals surface area contributed by atoms with Gasteiger partial charge in [-0.1, -0.05) is 29.3 Å². The highest BCUT2D eigenvalue weighted by Gasteiger charge is 2.26. The first-order chi connectivity index (χ1) is 10.6. The fraction of sp³-hybridized carbons (Fsp3) is 0.562. The zero-order valence-corrected chi connectivity index (χ0v) is 13.8. The molecule has 1 saturated carbocycles. The van der Waals surface area contributed by atoms with Crippen molar-refractivity contribution in [1.29, 1.82) is 0 Å². The number of benzene rings is 1. The van der Waals surface area contributed by atoms with E-state index in [1.165, 1.54) is 12.8 Å². The molecule has 22 heavy (non-hydrogen) atoms. The fourth-order valence-corrected chi connectivity index (χ4v) is 3.21. The fourth-order valence-electron chi connectivity index (χ4n) is 2.76. The Bertz CT molecular complexity index is 561. The molecule has 0 aromatic heterocycles. The Balaban J connectivity index is 1.44. The number of amides is 2. The third-order valence-corrected chi connectivity index (χ3v) is 5.02. The van der Waals surface area contributed by atoms with E-state index >= 15 is 0 Å². The monoisotopic (exact) mass is 342 g/mol. The van der Waals surface area contributed by atoms with E-state index in [1.807, 2.05) is 6.07 Å². The van der Waals surface area contributed by atoms with Gasteiger partial charge in [0, 0.05) is 13.2 Å². The lowest BCUT2D eigenvalue weighted by molar-refractivity contribution is 0.126. The van der Waals surface area contributed by atoms with E-state index in [1.54, 1.807) is 6.07 Å². The molecule has 1 aromatic rings. The molecular formula is C16H20Cl2N2O2. The van der Waals surface area contributed by atoms with Crippen molar-refractivity contribution < 1.29 is 9.53 Å². The highest BCUT2D eigenvalue weighted by molar-refractivity contribution is 6.42. The van der Waals surface area contributed by atoms with Crippen molar-refractivity contribution in [2.24, 2.45) is 5.92 Å². The molecule has 3 rings (SSSR count). The third-order valence-electron chi connectivity index (χ3n) is 4.18. The largest absolute Gasteiger partial charge is 0.379 e. The number of urea groups is 1. The van der Waals surface area contributed by atoms with Gasteiger partial charge in [-0.2, -0.15) is 0 Å². The van der Waals surface area contributed by atoms with Crippen LogP contribution in [0.2, 0.25) is 10.0 Å². The van der Waals surface area contributed by atoms with Crippen LogP contribution in [0.25, 0.3) is 0 Å². The zero-order chi connectivity index (χ0) is 15.5. The van der Waals surface area contributed by atoms with E-state index in [4.69, 9.17) is 27.9 Å². The highest BCUT2D eigenvalue weighted by Crippen LogP contribution is 2.38. The smallest absolute Gasteiger partial charge is 0.315 e. The molecule has 0 saturated heterocycles. The lowest BCUT2D eigenvalue weighted by atomic mass is 10.1. The molecule has 4 nitrogen and oxygen atoms in total. The van der Waals surface area contributed by atoms with Crippen molar-refractivity contribution in [2.45, 2.75) is 31.7 Å². The van der Waals surface area contributed by atoms with Crippen molar-refractivity contribution in [3.05, 3.63) is 33.3 Å². The van der Waals surface area contributed by atoms with Crippen LogP contribution >= 0.6 is 23.2 Å². The minimum atomic E-state index is -0.168.